The number of hydrogen-bond acceptors (Lipinski definition) is 9. The number of ether oxygens (including phenoxy) is 5. The van der Waals surface area contributed by atoms with Crippen LogP contribution in [-0.2, 0) is 26.0 Å². The Morgan fingerprint density at radius 2 is 1.59 bits per heavy atom. The van der Waals surface area contributed by atoms with Crippen molar-refractivity contribution in [1.29, 1.82) is 0 Å². The average molecular weight is 786 g/mol. The van der Waals surface area contributed by atoms with Crippen molar-refractivity contribution in [3.05, 3.63) is 125 Å². The lowest BCUT2D eigenvalue weighted by atomic mass is 9.85. The van der Waals surface area contributed by atoms with Gasteiger partial charge in [-0.05, 0) is 65.1 Å². The molecule has 1 aromatic heterocycles. The molecule has 5 rings (SSSR count). The zero-order chi connectivity index (χ0) is 41.7. The predicted octanol–water partition coefficient (Wildman–Crippen LogP) is 7.89. The summed E-state index contributed by atoms with van der Waals surface area (Å²) in [6.45, 7) is 12.7. The van der Waals surface area contributed by atoms with Gasteiger partial charge in [0.2, 0.25) is 0 Å². The Balaban J connectivity index is 1.27. The van der Waals surface area contributed by atoms with E-state index in [0.717, 1.165) is 21.9 Å². The molecule has 0 atom stereocenters. The summed E-state index contributed by atoms with van der Waals surface area (Å²) in [4.78, 5) is 31.1. The number of fused-ring (bicyclic) bond motifs is 1. The Labute approximate surface area is 340 Å². The first-order valence-corrected chi connectivity index (χ1v) is 18.8. The minimum Gasteiger partial charge on any atom is -0.494 e. The number of methoxy groups -OCH3 is 2. The van der Waals surface area contributed by atoms with Gasteiger partial charge in [-0.15, -0.1) is 6.42 Å². The van der Waals surface area contributed by atoms with Crippen LogP contribution in [0.15, 0.2) is 91.6 Å². The summed E-state index contributed by atoms with van der Waals surface area (Å²) in [6.07, 6.45) is 7.83. The smallest absolute Gasteiger partial charge is 0.323 e. The molecule has 0 aliphatic rings. The molecule has 0 unspecified atom stereocenters. The third kappa shape index (κ3) is 11.6. The fourth-order valence-electron chi connectivity index (χ4n) is 6.12. The zero-order valence-corrected chi connectivity index (χ0v) is 33.7. The molecule has 4 aromatic carbocycles. The van der Waals surface area contributed by atoms with Crippen molar-refractivity contribution in [1.82, 2.24) is 10.3 Å². The molecule has 0 aliphatic carbocycles. The molecule has 0 bridgehead atoms. The lowest BCUT2D eigenvalue weighted by Gasteiger charge is -2.24. The summed E-state index contributed by atoms with van der Waals surface area (Å²) in [5, 5.41) is 10.4. The highest BCUT2D eigenvalue weighted by Gasteiger charge is 2.22. The standard InChI is InChI=1S/C46H51N5O7/c1-8-31-23-32(25-33(24-31)44(52)49-17-18-56-21-22-57-20-19-54-6)26-35-29-36(15-16-48-35)58-42-14-13-40(37-11-9-10-12-38(37)42)50-45(53)51-41-28-34(46(3,4)5)27-39(30(2)47)43(41)55-7/h1,9-16,23-25,27-29H,2,17-22,26,47H2,3-7H3,(H,49,52)(H2,50,51,53). The lowest BCUT2D eigenvalue weighted by molar-refractivity contribution is 0.0255. The van der Waals surface area contributed by atoms with E-state index in [9.17, 15) is 9.59 Å². The summed E-state index contributed by atoms with van der Waals surface area (Å²) in [6, 6.07) is 23.5. The topological polar surface area (TPSA) is 155 Å². The number of amides is 3. The Morgan fingerprint density at radius 1 is 0.862 bits per heavy atom. The average Bonchev–Trinajstić information content (AvgIpc) is 3.20. The second kappa shape index (κ2) is 20.2. The maximum Gasteiger partial charge on any atom is 0.323 e. The maximum absolute atomic E-state index is 13.5. The maximum atomic E-state index is 13.5. The van der Waals surface area contributed by atoms with Crippen molar-refractivity contribution in [2.24, 2.45) is 5.73 Å². The summed E-state index contributed by atoms with van der Waals surface area (Å²) in [7, 11) is 3.14. The molecule has 5 aromatic rings. The number of aromatic nitrogens is 1. The van der Waals surface area contributed by atoms with Crippen LogP contribution in [0.25, 0.3) is 16.5 Å². The Kier molecular flexibility index (Phi) is 14.9. The van der Waals surface area contributed by atoms with Gasteiger partial charge < -0.3 is 45.4 Å². The number of benzene rings is 4. The van der Waals surface area contributed by atoms with Gasteiger partial charge in [0.15, 0.2) is 5.75 Å². The molecule has 0 aliphatic heterocycles. The van der Waals surface area contributed by atoms with E-state index in [1.54, 1.807) is 43.6 Å². The second-order valence-corrected chi connectivity index (χ2v) is 14.4. The van der Waals surface area contributed by atoms with Crippen molar-refractivity contribution < 1.29 is 33.3 Å². The van der Waals surface area contributed by atoms with Crippen LogP contribution < -0.4 is 31.2 Å². The van der Waals surface area contributed by atoms with Gasteiger partial charge >= 0.3 is 6.03 Å². The number of rotatable bonds is 18. The van der Waals surface area contributed by atoms with Crippen LogP contribution in [0.3, 0.4) is 0 Å². The largest absolute Gasteiger partial charge is 0.494 e. The van der Waals surface area contributed by atoms with E-state index in [2.05, 4.69) is 54.2 Å². The number of urea groups is 1. The molecule has 0 saturated carbocycles. The van der Waals surface area contributed by atoms with Crippen LogP contribution >= 0.6 is 0 Å². The molecular formula is C46H51N5O7. The van der Waals surface area contributed by atoms with E-state index in [-0.39, 0.29) is 11.3 Å². The molecular weight excluding hydrogens is 735 g/mol. The van der Waals surface area contributed by atoms with Gasteiger partial charge in [-0.1, -0.05) is 57.5 Å². The minimum absolute atomic E-state index is 0.225. The number of nitrogens with one attached hydrogen (secondary N) is 3. The molecule has 58 heavy (non-hydrogen) atoms. The van der Waals surface area contributed by atoms with Gasteiger partial charge in [-0.2, -0.15) is 0 Å². The molecule has 0 fully saturated rings. The second-order valence-electron chi connectivity index (χ2n) is 14.4. The quantitative estimate of drug-likeness (QED) is 0.0513. The van der Waals surface area contributed by atoms with E-state index in [1.807, 2.05) is 48.5 Å². The van der Waals surface area contributed by atoms with Gasteiger partial charge in [0.05, 0.1) is 51.5 Å². The number of anilines is 2. The van der Waals surface area contributed by atoms with E-state index in [0.29, 0.717) is 103 Å². The highest BCUT2D eigenvalue weighted by molar-refractivity contribution is 6.08. The van der Waals surface area contributed by atoms with E-state index in [1.165, 1.54) is 7.11 Å². The van der Waals surface area contributed by atoms with Gasteiger partial charge in [0, 0.05) is 71.2 Å². The molecule has 302 valence electrons. The van der Waals surface area contributed by atoms with Crippen molar-refractivity contribution in [3.63, 3.8) is 0 Å². The number of nitrogens with zero attached hydrogens (tertiary/aromatic N) is 1. The molecule has 12 heteroatoms. The van der Waals surface area contributed by atoms with Crippen LogP contribution in [0.4, 0.5) is 16.2 Å². The molecule has 12 nitrogen and oxygen atoms in total. The Morgan fingerprint density at radius 3 is 2.29 bits per heavy atom. The number of carbonyl (C=O) groups excluding carboxylic acids is 2. The van der Waals surface area contributed by atoms with Gasteiger partial charge in [-0.3, -0.25) is 9.78 Å². The summed E-state index contributed by atoms with van der Waals surface area (Å²) in [5.41, 5.74) is 11.4. The molecule has 0 spiro atoms. The van der Waals surface area contributed by atoms with Crippen molar-refractivity contribution in [2.75, 3.05) is 64.4 Å². The first-order valence-electron chi connectivity index (χ1n) is 18.8. The molecule has 0 radical (unpaired) electrons. The number of hydrogen-bond donors (Lipinski definition) is 4. The summed E-state index contributed by atoms with van der Waals surface area (Å²) >= 11 is 0. The van der Waals surface area contributed by atoms with E-state index < -0.39 is 6.03 Å². The number of carbonyl (C=O) groups is 2. The van der Waals surface area contributed by atoms with Gasteiger partial charge in [-0.25, -0.2) is 4.79 Å². The van der Waals surface area contributed by atoms with Gasteiger partial charge in [0.1, 0.15) is 11.5 Å². The molecule has 0 saturated heterocycles. The fraction of sp³-hybridized carbons (Fsp3) is 0.283. The van der Waals surface area contributed by atoms with E-state index >= 15 is 0 Å². The highest BCUT2D eigenvalue weighted by atomic mass is 16.5. The highest BCUT2D eigenvalue weighted by Crippen LogP contribution is 2.38. The predicted molar refractivity (Wildman–Crippen MR) is 229 cm³/mol. The molecule has 1 heterocycles. The summed E-state index contributed by atoms with van der Waals surface area (Å²) < 4.78 is 27.9. The van der Waals surface area contributed by atoms with Crippen LogP contribution in [0.2, 0.25) is 0 Å². The first kappa shape index (κ1) is 42.7. The summed E-state index contributed by atoms with van der Waals surface area (Å²) in [5.74, 6) is 3.95. The van der Waals surface area contributed by atoms with Crippen molar-refractivity contribution in [3.8, 4) is 29.6 Å². The third-order valence-electron chi connectivity index (χ3n) is 9.04. The SMILES string of the molecule is C#Cc1cc(Cc2cc(Oc3ccc(NC(=O)Nc4cc(C(C)(C)C)cc(C(=C)N)c4OC)c4ccccc34)ccn2)cc(C(=O)NCCOCCOCCOC)c1. The molecule has 3 amide bonds. The van der Waals surface area contributed by atoms with Crippen LogP contribution in [-0.4, -0.2) is 70.7 Å². The van der Waals surface area contributed by atoms with Crippen LogP contribution in [0.5, 0.6) is 17.2 Å². The van der Waals surface area contributed by atoms with Crippen molar-refractivity contribution >= 4 is 39.8 Å². The monoisotopic (exact) mass is 785 g/mol. The van der Waals surface area contributed by atoms with Gasteiger partial charge in [0.25, 0.3) is 5.91 Å². The number of nitrogens with two attached hydrogens (primary N) is 1. The van der Waals surface area contributed by atoms with Crippen molar-refractivity contribution in [2.45, 2.75) is 32.6 Å². The van der Waals surface area contributed by atoms with Crippen LogP contribution in [0, 0.1) is 12.3 Å². The number of terminal acetylenes is 1. The van der Waals surface area contributed by atoms with E-state index in [4.69, 9.17) is 35.8 Å². The zero-order valence-electron chi connectivity index (χ0n) is 33.7. The Bertz CT molecular complexity index is 2290. The number of pyridine rings is 1. The molecule has 5 N–H and O–H groups in total. The fourth-order valence-corrected chi connectivity index (χ4v) is 6.12. The Hall–Kier alpha value is -6.39. The normalized spacial score (nSPS) is 11.1. The lowest BCUT2D eigenvalue weighted by Crippen LogP contribution is -2.28. The third-order valence-corrected chi connectivity index (χ3v) is 9.04. The first-order chi connectivity index (χ1) is 27.9. The minimum atomic E-state index is -0.463. The van der Waals surface area contributed by atoms with Crippen LogP contribution in [0.1, 0.15) is 59.1 Å².